The van der Waals surface area contributed by atoms with Crippen molar-refractivity contribution in [3.05, 3.63) is 0 Å². The molecule has 0 unspecified atom stereocenters. The maximum Gasteiger partial charge on any atom is 1.00 e. The Morgan fingerprint density at radius 2 is 0.600 bits per heavy atom. The maximum absolute atomic E-state index is 0. The normalized spacial score (nSPS) is 0. The molecule has 5 heavy (non-hydrogen) atoms. The van der Waals surface area contributed by atoms with Gasteiger partial charge in [0.15, 0.2) is 0 Å². The van der Waals surface area contributed by atoms with Crippen molar-refractivity contribution in [2.75, 3.05) is 0 Å². The van der Waals surface area contributed by atoms with Crippen molar-refractivity contribution < 1.29 is 37.4 Å². The Morgan fingerprint density at radius 3 is 0.600 bits per heavy atom. The minimum Gasteiger partial charge on any atom is -2.00 e. The summed E-state index contributed by atoms with van der Waals surface area (Å²) in [5, 5.41) is 0. The molecule has 0 aliphatic carbocycles. The van der Waals surface area contributed by atoms with Crippen molar-refractivity contribution in [1.82, 2.24) is 0 Å². The molecule has 29 valence electrons. The first kappa shape index (κ1) is 56.4. The van der Waals surface area contributed by atoms with Crippen LogP contribution < -0.4 is 18.9 Å². The zero-order valence-corrected chi connectivity index (χ0v) is 6.52. The van der Waals surface area contributed by atoms with Crippen molar-refractivity contribution in [2.24, 2.45) is 0 Å². The molecule has 0 fully saturated rings. The summed E-state index contributed by atoms with van der Waals surface area (Å²) in [7, 11) is 0. The molecule has 0 aromatic rings. The summed E-state index contributed by atoms with van der Waals surface area (Å²) in [6.07, 6.45) is 0. The molecular weight excluding hydrogens is 154 g/mol. The van der Waals surface area contributed by atoms with E-state index in [1.165, 1.54) is 0 Å². The van der Waals surface area contributed by atoms with E-state index >= 15 is 0 Å². The van der Waals surface area contributed by atoms with E-state index in [1.807, 2.05) is 0 Å². The molecule has 0 aliphatic rings. The molecule has 1 radical (unpaired) electrons. The van der Waals surface area contributed by atoms with Gasteiger partial charge < -0.3 is 40.5 Å². The zero-order chi connectivity index (χ0) is 0. The van der Waals surface area contributed by atoms with Crippen molar-refractivity contribution in [3.8, 4) is 0 Å². The molecule has 0 amide bonds. The van der Waals surface area contributed by atoms with Crippen LogP contribution in [0.4, 0.5) is 0 Å². The van der Waals surface area contributed by atoms with Gasteiger partial charge in [-0.3, -0.25) is 0 Å². The summed E-state index contributed by atoms with van der Waals surface area (Å²) in [5.41, 5.74) is 0. The van der Waals surface area contributed by atoms with Crippen molar-refractivity contribution >= 4 is 40.5 Å². The quantitative estimate of drug-likeness (QED) is 0.326. The Hall–Kier alpha value is 2.23. The van der Waals surface area contributed by atoms with Crippen LogP contribution in [0.2, 0.25) is 0 Å². The van der Waals surface area contributed by atoms with Crippen molar-refractivity contribution in [3.63, 3.8) is 0 Å². The van der Waals surface area contributed by atoms with Gasteiger partial charge in [-0.05, 0) is 0 Å². The second kappa shape index (κ2) is 34.2. The first-order valence-corrected chi connectivity index (χ1v) is 0. The second-order valence-corrected chi connectivity index (χ2v) is 0. The largest absolute Gasteiger partial charge is 2.00 e. The average molecular weight is 154 g/mol. The van der Waals surface area contributed by atoms with Crippen LogP contribution in [-0.4, -0.2) is 0 Å². The van der Waals surface area contributed by atoms with Crippen molar-refractivity contribution in [2.45, 2.75) is 0 Å². The average Bonchev–Trinajstić information content (AvgIpc) is 0. The van der Waals surface area contributed by atoms with E-state index in [9.17, 15) is 0 Å². The van der Waals surface area contributed by atoms with Crippen LogP contribution in [0.3, 0.4) is 0 Å². The summed E-state index contributed by atoms with van der Waals surface area (Å²) < 4.78 is 0. The van der Waals surface area contributed by atoms with E-state index < -0.39 is 0 Å². The van der Waals surface area contributed by atoms with E-state index in [2.05, 4.69) is 0 Å². The number of rotatable bonds is 0. The van der Waals surface area contributed by atoms with Gasteiger partial charge in [-0.2, -0.15) is 0 Å². The first-order chi connectivity index (χ1) is 0. The summed E-state index contributed by atoms with van der Waals surface area (Å²) in [5.74, 6) is 0. The van der Waals surface area contributed by atoms with Gasteiger partial charge in [-0.15, -0.1) is 0 Å². The van der Waals surface area contributed by atoms with Crippen LogP contribution in [-0.2, 0) is 59.0 Å². The Balaban J connectivity index is 0. The molecule has 0 atom stereocenters. The van der Waals surface area contributed by atoms with E-state index in [1.54, 1.807) is 0 Å². The van der Waals surface area contributed by atoms with Gasteiger partial charge in [0.2, 0.25) is 0 Å². The molecule has 5 heteroatoms. The van der Waals surface area contributed by atoms with E-state index in [0.29, 0.717) is 0 Å². The fourth-order valence-corrected chi connectivity index (χ4v) is 0. The molecule has 0 spiro atoms. The molecule has 0 saturated heterocycles. The fourth-order valence-electron chi connectivity index (χ4n) is 0. The second-order valence-electron chi connectivity index (χ2n) is 0. The summed E-state index contributed by atoms with van der Waals surface area (Å²) in [4.78, 5) is 0. The smallest absolute Gasteiger partial charge is 1.00 e. The van der Waals surface area contributed by atoms with Crippen LogP contribution in [0.25, 0.3) is 0 Å². The Kier molecular flexibility index (Phi) is 386. The molecule has 0 N–H and O–H groups in total. The molecule has 0 rings (SSSR count). The minimum atomic E-state index is 0. The Labute approximate surface area is 77.3 Å². The van der Waals surface area contributed by atoms with Crippen LogP contribution in [0.5, 0.6) is 0 Å². The third-order valence-corrected chi connectivity index (χ3v) is 0. The van der Waals surface area contributed by atoms with Crippen LogP contribution in [0, 0.1) is 0 Å². The Morgan fingerprint density at radius 1 is 0.600 bits per heavy atom. The van der Waals surface area contributed by atoms with E-state index in [4.69, 9.17) is 0 Å². The minimum absolute atomic E-state index is 0. The van der Waals surface area contributed by atoms with Crippen molar-refractivity contribution in [1.29, 1.82) is 0 Å². The zero-order valence-electron chi connectivity index (χ0n) is 2.67. The SMILES string of the molecule is [Li+].[S-2].[S-2].[S-2].[V]. The predicted molar refractivity (Wildman–Crippen MR) is 22.1 cm³/mol. The number of hydrogen-bond acceptors (Lipinski definition) is 0. The van der Waals surface area contributed by atoms with Crippen LogP contribution >= 0.6 is 0 Å². The monoisotopic (exact) mass is 154 g/mol. The van der Waals surface area contributed by atoms with Gasteiger partial charge in [-0.1, -0.05) is 0 Å². The van der Waals surface area contributed by atoms with E-state index in [0.717, 1.165) is 0 Å². The van der Waals surface area contributed by atoms with Gasteiger partial charge >= 0.3 is 18.9 Å². The van der Waals surface area contributed by atoms with Gasteiger partial charge in [0.05, 0.1) is 0 Å². The molecular formula is LiS3V-5. The third kappa shape index (κ3) is 22.4. The molecule has 0 heterocycles. The summed E-state index contributed by atoms with van der Waals surface area (Å²) in [6.45, 7) is 0. The molecule has 0 bridgehead atoms. The third-order valence-electron chi connectivity index (χ3n) is 0. The topological polar surface area (TPSA) is 0 Å². The van der Waals surface area contributed by atoms with Gasteiger partial charge in [0, 0.05) is 18.6 Å². The van der Waals surface area contributed by atoms with E-state index in [-0.39, 0.29) is 77.9 Å². The Bertz CT molecular complexity index is 6.85. The van der Waals surface area contributed by atoms with Gasteiger partial charge in [0.25, 0.3) is 0 Å². The summed E-state index contributed by atoms with van der Waals surface area (Å²) in [6, 6.07) is 0. The maximum atomic E-state index is 0. The standard InChI is InChI=1S/Li.3S.V/q+1;3*-2;. The van der Waals surface area contributed by atoms with Crippen LogP contribution in [0.1, 0.15) is 0 Å². The first-order valence-electron chi connectivity index (χ1n) is 0. The number of hydrogen-bond donors (Lipinski definition) is 0. The molecule has 0 aromatic heterocycles. The van der Waals surface area contributed by atoms with Crippen LogP contribution in [0.15, 0.2) is 0 Å². The van der Waals surface area contributed by atoms with Gasteiger partial charge in [0.1, 0.15) is 0 Å². The fraction of sp³-hybridized carbons (Fsp3) is 0. The molecule has 0 aliphatic heterocycles. The molecule has 0 nitrogen and oxygen atoms in total. The molecule has 0 aromatic carbocycles. The molecule has 0 saturated carbocycles. The summed E-state index contributed by atoms with van der Waals surface area (Å²) >= 11 is 0. The predicted octanol–water partition coefficient (Wildman–Crippen LogP) is -3.01. The van der Waals surface area contributed by atoms with Gasteiger partial charge in [-0.25, -0.2) is 0 Å².